The molecule has 1 aliphatic heterocycles. The molecule has 0 saturated carbocycles. The molecule has 3 nitrogen and oxygen atoms in total. The Labute approximate surface area is 62.0 Å². The second-order valence-electron chi connectivity index (χ2n) is 1.55. The summed E-state index contributed by atoms with van der Waals surface area (Å²) in [6.07, 6.45) is -0.940. The summed E-state index contributed by atoms with van der Waals surface area (Å²) < 4.78 is 0.475. The summed E-state index contributed by atoms with van der Waals surface area (Å²) in [4.78, 5) is 11.4. The highest BCUT2D eigenvalue weighted by Gasteiger charge is 2.22. The summed E-state index contributed by atoms with van der Waals surface area (Å²) in [5.74, 6) is 0.797. The minimum atomic E-state index is -0.940. The lowest BCUT2D eigenvalue weighted by atomic mass is 10.7. The summed E-state index contributed by atoms with van der Waals surface area (Å²) in [6.45, 7) is 0.541. The number of hydrogen-bond donors (Lipinski definition) is 1. The minimum absolute atomic E-state index is 0.475. The van der Waals surface area contributed by atoms with E-state index >= 15 is 0 Å². The molecule has 0 spiro atoms. The van der Waals surface area contributed by atoms with Gasteiger partial charge in [0.25, 0.3) is 0 Å². The van der Waals surface area contributed by atoms with E-state index in [1.807, 2.05) is 0 Å². The Morgan fingerprint density at radius 3 is 2.78 bits per heavy atom. The Balaban J connectivity index is 2.60. The van der Waals surface area contributed by atoms with Crippen LogP contribution in [0.2, 0.25) is 0 Å². The van der Waals surface area contributed by atoms with Gasteiger partial charge in [-0.3, -0.25) is 4.90 Å². The lowest BCUT2D eigenvalue weighted by molar-refractivity contribution is 0.173. The van der Waals surface area contributed by atoms with Crippen LogP contribution in [0.5, 0.6) is 0 Å². The summed E-state index contributed by atoms with van der Waals surface area (Å²) in [5.41, 5.74) is 0. The third-order valence-electron chi connectivity index (χ3n) is 0.992. The highest BCUT2D eigenvalue weighted by molar-refractivity contribution is 8.23. The van der Waals surface area contributed by atoms with Gasteiger partial charge in [-0.2, -0.15) is 0 Å². The van der Waals surface area contributed by atoms with Crippen LogP contribution in [0, 0.1) is 0 Å². The first-order valence-corrected chi connectivity index (χ1v) is 3.78. The number of rotatable bonds is 0. The normalized spacial score (nSPS) is 18.7. The zero-order valence-electron chi connectivity index (χ0n) is 4.53. The van der Waals surface area contributed by atoms with Gasteiger partial charge in [-0.1, -0.05) is 24.0 Å². The molecular weight excluding hydrogens is 158 g/mol. The Kier molecular flexibility index (Phi) is 1.92. The first-order chi connectivity index (χ1) is 4.22. The third-order valence-corrected chi connectivity index (χ3v) is 2.42. The van der Waals surface area contributed by atoms with Crippen molar-refractivity contribution in [3.63, 3.8) is 0 Å². The van der Waals surface area contributed by atoms with Gasteiger partial charge >= 0.3 is 6.09 Å². The molecule has 0 aliphatic carbocycles. The van der Waals surface area contributed by atoms with Gasteiger partial charge in [0, 0.05) is 12.3 Å². The smallest absolute Gasteiger partial charge is 0.412 e. The van der Waals surface area contributed by atoms with Crippen molar-refractivity contribution in [2.45, 2.75) is 0 Å². The molecular formula is C4H5NO2S2. The first kappa shape index (κ1) is 6.82. The SMILES string of the molecule is O=C(O)N1CCSC1=S. The fourth-order valence-corrected chi connectivity index (χ4v) is 1.76. The molecule has 0 radical (unpaired) electrons. The molecule has 0 bridgehead atoms. The molecule has 50 valence electrons. The summed E-state index contributed by atoms with van der Waals surface area (Å²) in [5, 5.41) is 8.41. The number of nitrogens with zero attached hydrogens (tertiary/aromatic N) is 1. The van der Waals surface area contributed by atoms with Crippen molar-refractivity contribution < 1.29 is 9.90 Å². The number of thioether (sulfide) groups is 1. The van der Waals surface area contributed by atoms with Crippen molar-refractivity contribution in [3.8, 4) is 0 Å². The molecule has 1 aliphatic rings. The zero-order chi connectivity index (χ0) is 6.85. The predicted octanol–water partition coefficient (Wildman–Crippen LogP) is 0.998. The number of thiocarbonyl (C=S) groups is 1. The minimum Gasteiger partial charge on any atom is -0.465 e. The Morgan fingerprint density at radius 2 is 2.56 bits per heavy atom. The second kappa shape index (κ2) is 2.53. The van der Waals surface area contributed by atoms with Gasteiger partial charge in [-0.25, -0.2) is 4.79 Å². The molecule has 0 aromatic rings. The highest BCUT2D eigenvalue weighted by Crippen LogP contribution is 2.17. The van der Waals surface area contributed by atoms with E-state index in [1.165, 1.54) is 16.7 Å². The number of carboxylic acid groups (broad SMARTS) is 1. The molecule has 0 atom stereocenters. The molecule has 9 heavy (non-hydrogen) atoms. The second-order valence-corrected chi connectivity index (χ2v) is 3.28. The van der Waals surface area contributed by atoms with Gasteiger partial charge < -0.3 is 5.11 Å². The van der Waals surface area contributed by atoms with Crippen LogP contribution in [0.4, 0.5) is 4.79 Å². The standard InChI is InChI=1S/C4H5NO2S2/c6-3(7)5-1-2-9-4(5)8/h1-2H2,(H,6,7). The van der Waals surface area contributed by atoms with E-state index in [0.29, 0.717) is 10.9 Å². The number of amides is 1. The van der Waals surface area contributed by atoms with Crippen LogP contribution in [-0.4, -0.2) is 32.7 Å². The Morgan fingerprint density at radius 1 is 1.89 bits per heavy atom. The molecule has 1 heterocycles. The molecule has 1 N–H and O–H groups in total. The molecule has 1 amide bonds. The average Bonchev–Trinajstić information content (AvgIpc) is 2.13. The Hall–Kier alpha value is -0.290. The van der Waals surface area contributed by atoms with Gasteiger partial charge in [0.2, 0.25) is 0 Å². The van der Waals surface area contributed by atoms with Crippen molar-refractivity contribution >= 4 is 34.4 Å². The Bertz CT molecular complexity index is 159. The van der Waals surface area contributed by atoms with E-state index in [2.05, 4.69) is 0 Å². The van der Waals surface area contributed by atoms with Crippen molar-refractivity contribution in [3.05, 3.63) is 0 Å². The van der Waals surface area contributed by atoms with Crippen molar-refractivity contribution in [2.24, 2.45) is 0 Å². The van der Waals surface area contributed by atoms with Gasteiger partial charge in [0.05, 0.1) is 0 Å². The van der Waals surface area contributed by atoms with Crippen molar-refractivity contribution in [2.75, 3.05) is 12.3 Å². The zero-order valence-corrected chi connectivity index (χ0v) is 6.17. The average molecular weight is 163 g/mol. The van der Waals surface area contributed by atoms with E-state index in [9.17, 15) is 4.79 Å². The van der Waals surface area contributed by atoms with Crippen LogP contribution < -0.4 is 0 Å². The van der Waals surface area contributed by atoms with Crippen LogP contribution in [0.3, 0.4) is 0 Å². The first-order valence-electron chi connectivity index (χ1n) is 2.39. The molecule has 0 aromatic carbocycles. The number of carbonyl (C=O) groups is 1. The summed E-state index contributed by atoms with van der Waals surface area (Å²) >= 11 is 6.13. The monoisotopic (exact) mass is 163 g/mol. The van der Waals surface area contributed by atoms with E-state index in [-0.39, 0.29) is 0 Å². The largest absolute Gasteiger partial charge is 0.465 e. The maximum Gasteiger partial charge on any atom is 0.412 e. The van der Waals surface area contributed by atoms with E-state index < -0.39 is 6.09 Å². The molecule has 1 fully saturated rings. The molecule has 0 aromatic heterocycles. The van der Waals surface area contributed by atoms with Gasteiger partial charge in [0.1, 0.15) is 4.32 Å². The van der Waals surface area contributed by atoms with E-state index in [0.717, 1.165) is 5.75 Å². The molecule has 1 saturated heterocycles. The van der Waals surface area contributed by atoms with Crippen molar-refractivity contribution in [1.82, 2.24) is 4.90 Å². The topological polar surface area (TPSA) is 40.5 Å². The fourth-order valence-electron chi connectivity index (χ4n) is 0.567. The summed E-state index contributed by atoms with van der Waals surface area (Å²) in [7, 11) is 0. The molecule has 5 heteroatoms. The van der Waals surface area contributed by atoms with Crippen LogP contribution in [0.15, 0.2) is 0 Å². The number of hydrogen-bond acceptors (Lipinski definition) is 3. The molecule has 1 rings (SSSR count). The quantitative estimate of drug-likeness (QED) is 0.541. The van der Waals surface area contributed by atoms with Crippen molar-refractivity contribution in [1.29, 1.82) is 0 Å². The highest BCUT2D eigenvalue weighted by atomic mass is 32.2. The van der Waals surface area contributed by atoms with Gasteiger partial charge in [0.15, 0.2) is 0 Å². The van der Waals surface area contributed by atoms with Crippen LogP contribution >= 0.6 is 24.0 Å². The van der Waals surface area contributed by atoms with E-state index in [4.69, 9.17) is 17.3 Å². The fraction of sp³-hybridized carbons (Fsp3) is 0.500. The van der Waals surface area contributed by atoms with Gasteiger partial charge in [-0.05, 0) is 0 Å². The van der Waals surface area contributed by atoms with Gasteiger partial charge in [-0.15, -0.1) is 0 Å². The molecule has 0 unspecified atom stereocenters. The summed E-state index contributed by atoms with van der Waals surface area (Å²) in [6, 6.07) is 0. The third kappa shape index (κ3) is 1.34. The van der Waals surface area contributed by atoms with Crippen LogP contribution in [-0.2, 0) is 0 Å². The van der Waals surface area contributed by atoms with Crippen LogP contribution in [0.1, 0.15) is 0 Å². The maximum absolute atomic E-state index is 10.2. The van der Waals surface area contributed by atoms with Crippen LogP contribution in [0.25, 0.3) is 0 Å². The lowest BCUT2D eigenvalue weighted by Gasteiger charge is -2.07. The van der Waals surface area contributed by atoms with E-state index in [1.54, 1.807) is 0 Å². The lowest BCUT2D eigenvalue weighted by Crippen LogP contribution is -2.28. The predicted molar refractivity (Wildman–Crippen MR) is 39.8 cm³/mol. The maximum atomic E-state index is 10.2.